The van der Waals surface area contributed by atoms with Crippen molar-refractivity contribution in [3.8, 4) is 22.7 Å². The molecule has 20 heavy (non-hydrogen) atoms. The van der Waals surface area contributed by atoms with Crippen LogP contribution in [-0.2, 0) is 0 Å². The van der Waals surface area contributed by atoms with Gasteiger partial charge in [0.1, 0.15) is 10.3 Å². The number of benzene rings is 1. The van der Waals surface area contributed by atoms with E-state index < -0.39 is 0 Å². The maximum absolute atomic E-state index is 6.25. The molecule has 0 radical (unpaired) electrons. The molecule has 0 saturated heterocycles. The zero-order valence-corrected chi connectivity index (χ0v) is 13.1. The number of hydrogen-bond acceptors (Lipinski definition) is 3. The molecule has 0 aliphatic rings. The number of nitrogens with zero attached hydrogens (tertiary/aromatic N) is 2. The summed E-state index contributed by atoms with van der Waals surface area (Å²) in [6.45, 7) is 0. The minimum atomic E-state index is 0.287. The minimum absolute atomic E-state index is 0.287. The van der Waals surface area contributed by atoms with Crippen LogP contribution in [0.1, 0.15) is 0 Å². The lowest BCUT2D eigenvalue weighted by molar-refractivity contribution is 0.576. The van der Waals surface area contributed by atoms with E-state index in [-0.39, 0.29) is 10.3 Å². The van der Waals surface area contributed by atoms with Crippen LogP contribution in [-0.4, -0.2) is 9.97 Å². The van der Waals surface area contributed by atoms with Gasteiger partial charge < -0.3 is 4.42 Å². The summed E-state index contributed by atoms with van der Waals surface area (Å²) in [5, 5.41) is 0.573. The molecule has 6 heteroatoms. The van der Waals surface area contributed by atoms with E-state index in [2.05, 4.69) is 25.9 Å². The van der Waals surface area contributed by atoms with Crippen molar-refractivity contribution in [3.63, 3.8) is 0 Å². The van der Waals surface area contributed by atoms with Crippen LogP contribution in [0.25, 0.3) is 22.7 Å². The molecule has 2 aromatic heterocycles. The molecular formula is C14H7BrCl2N2O. The van der Waals surface area contributed by atoms with Gasteiger partial charge in [0.2, 0.25) is 0 Å². The van der Waals surface area contributed by atoms with Gasteiger partial charge in [-0.3, -0.25) is 0 Å². The molecule has 0 fully saturated rings. The van der Waals surface area contributed by atoms with E-state index in [4.69, 9.17) is 27.6 Å². The van der Waals surface area contributed by atoms with Gasteiger partial charge in [-0.1, -0.05) is 53.5 Å². The maximum Gasteiger partial charge on any atom is 0.199 e. The molecule has 2 heterocycles. The summed E-state index contributed by atoms with van der Waals surface area (Å²) in [6, 6.07) is 11.3. The van der Waals surface area contributed by atoms with Gasteiger partial charge in [-0.05, 0) is 27.6 Å². The first-order chi connectivity index (χ1) is 9.66. The number of aromatic nitrogens is 2. The van der Waals surface area contributed by atoms with Crippen LogP contribution < -0.4 is 0 Å². The van der Waals surface area contributed by atoms with E-state index in [1.807, 2.05) is 30.3 Å². The van der Waals surface area contributed by atoms with Crippen LogP contribution >= 0.6 is 39.1 Å². The lowest BCUT2D eigenvalue weighted by Crippen LogP contribution is -1.94. The number of rotatable bonds is 2. The van der Waals surface area contributed by atoms with Gasteiger partial charge in [0.25, 0.3) is 0 Å². The number of hydrogen-bond donors (Lipinski definition) is 0. The van der Waals surface area contributed by atoms with Gasteiger partial charge in [0.15, 0.2) is 11.6 Å². The van der Waals surface area contributed by atoms with E-state index in [0.29, 0.717) is 17.1 Å². The third-order valence-electron chi connectivity index (χ3n) is 2.70. The van der Waals surface area contributed by atoms with Crippen molar-refractivity contribution in [1.29, 1.82) is 0 Å². The van der Waals surface area contributed by atoms with Crippen molar-refractivity contribution < 1.29 is 4.42 Å². The largest absolute Gasteiger partial charge is 0.460 e. The van der Waals surface area contributed by atoms with Gasteiger partial charge in [0, 0.05) is 0 Å². The van der Waals surface area contributed by atoms with E-state index in [9.17, 15) is 0 Å². The summed E-state index contributed by atoms with van der Waals surface area (Å²) >= 11 is 15.8. The molecule has 3 aromatic rings. The van der Waals surface area contributed by atoms with E-state index in [0.717, 1.165) is 10.0 Å². The molecule has 0 N–H and O–H groups in total. The third-order valence-corrected chi connectivity index (χ3v) is 3.87. The van der Waals surface area contributed by atoms with Crippen molar-refractivity contribution in [2.24, 2.45) is 0 Å². The second-order valence-corrected chi connectivity index (χ2v) is 5.54. The minimum Gasteiger partial charge on any atom is -0.460 e. The Labute approximate surface area is 133 Å². The molecule has 0 amide bonds. The zero-order valence-electron chi connectivity index (χ0n) is 9.98. The Kier molecular flexibility index (Phi) is 3.78. The normalized spacial score (nSPS) is 10.8. The van der Waals surface area contributed by atoms with Gasteiger partial charge in [-0.15, -0.1) is 0 Å². The van der Waals surface area contributed by atoms with Crippen molar-refractivity contribution in [2.75, 3.05) is 0 Å². The summed E-state index contributed by atoms with van der Waals surface area (Å²) in [6.07, 6.45) is 1.54. The second kappa shape index (κ2) is 5.56. The van der Waals surface area contributed by atoms with E-state index in [1.54, 1.807) is 6.07 Å². The molecule has 0 bridgehead atoms. The summed E-state index contributed by atoms with van der Waals surface area (Å²) in [4.78, 5) is 8.52. The number of furan rings is 1. The lowest BCUT2D eigenvalue weighted by atomic mass is 10.1. The topological polar surface area (TPSA) is 38.9 Å². The third kappa shape index (κ3) is 2.46. The van der Waals surface area contributed by atoms with Crippen LogP contribution in [0, 0.1) is 0 Å². The molecule has 0 saturated carbocycles. The Morgan fingerprint density at radius 3 is 2.15 bits per heavy atom. The van der Waals surface area contributed by atoms with Gasteiger partial charge in [-0.2, -0.15) is 0 Å². The van der Waals surface area contributed by atoms with Gasteiger partial charge in [-0.25, -0.2) is 9.97 Å². The Balaban J connectivity index is 2.15. The first-order valence-corrected chi connectivity index (χ1v) is 7.23. The summed E-state index contributed by atoms with van der Waals surface area (Å²) in [5.74, 6) is 0.838. The van der Waals surface area contributed by atoms with Crippen LogP contribution in [0.3, 0.4) is 0 Å². The SMILES string of the molecule is Clc1nc(-c2occc2Br)nc(Cl)c1-c1ccccc1. The lowest BCUT2D eigenvalue weighted by Gasteiger charge is -2.07. The smallest absolute Gasteiger partial charge is 0.199 e. The second-order valence-electron chi connectivity index (χ2n) is 3.97. The molecule has 0 aliphatic carbocycles. The average molecular weight is 370 g/mol. The Hall–Kier alpha value is -1.36. The van der Waals surface area contributed by atoms with E-state index in [1.165, 1.54) is 6.26 Å². The average Bonchev–Trinajstić information content (AvgIpc) is 2.85. The predicted octanol–water partition coefficient (Wildman–Crippen LogP) is 5.47. The van der Waals surface area contributed by atoms with Crippen LogP contribution in [0.5, 0.6) is 0 Å². The molecule has 1 aromatic carbocycles. The molecule has 0 atom stereocenters. The molecule has 3 rings (SSSR count). The quantitative estimate of drug-likeness (QED) is 0.562. The molecule has 100 valence electrons. The fourth-order valence-electron chi connectivity index (χ4n) is 1.81. The monoisotopic (exact) mass is 368 g/mol. The maximum atomic E-state index is 6.25. The Morgan fingerprint density at radius 1 is 0.950 bits per heavy atom. The van der Waals surface area contributed by atoms with Crippen LogP contribution in [0.2, 0.25) is 10.3 Å². The predicted molar refractivity (Wildman–Crippen MR) is 82.9 cm³/mol. The standard InChI is InChI=1S/C14H7BrCl2N2O/c15-9-6-7-20-11(9)14-18-12(16)10(13(17)19-14)8-4-2-1-3-5-8/h1-7H. The molecule has 0 unspecified atom stereocenters. The summed E-state index contributed by atoms with van der Waals surface area (Å²) in [7, 11) is 0. The van der Waals surface area contributed by atoms with Crippen molar-refractivity contribution in [2.45, 2.75) is 0 Å². The summed E-state index contributed by atoms with van der Waals surface area (Å²) < 4.78 is 6.06. The van der Waals surface area contributed by atoms with Gasteiger partial charge in [0.05, 0.1) is 16.3 Å². The molecule has 3 nitrogen and oxygen atoms in total. The molecule has 0 spiro atoms. The van der Waals surface area contributed by atoms with Crippen molar-refractivity contribution >= 4 is 39.1 Å². The Bertz CT molecular complexity index is 736. The highest BCUT2D eigenvalue weighted by Gasteiger charge is 2.17. The number of halogens is 3. The van der Waals surface area contributed by atoms with Crippen LogP contribution in [0.4, 0.5) is 0 Å². The first kappa shape index (κ1) is 13.6. The highest BCUT2D eigenvalue weighted by atomic mass is 79.9. The Morgan fingerprint density at radius 2 is 1.60 bits per heavy atom. The fourth-order valence-corrected chi connectivity index (χ4v) is 2.79. The zero-order chi connectivity index (χ0) is 14.1. The highest BCUT2D eigenvalue weighted by molar-refractivity contribution is 9.10. The van der Waals surface area contributed by atoms with Gasteiger partial charge >= 0.3 is 0 Å². The summed E-state index contributed by atoms with van der Waals surface area (Å²) in [5.41, 5.74) is 1.48. The van der Waals surface area contributed by atoms with Crippen LogP contribution in [0.15, 0.2) is 51.6 Å². The highest BCUT2D eigenvalue weighted by Crippen LogP contribution is 2.35. The fraction of sp³-hybridized carbons (Fsp3) is 0. The van der Waals surface area contributed by atoms with Crippen molar-refractivity contribution in [3.05, 3.63) is 57.4 Å². The van der Waals surface area contributed by atoms with Crippen molar-refractivity contribution in [1.82, 2.24) is 9.97 Å². The van der Waals surface area contributed by atoms with E-state index >= 15 is 0 Å². The molecule has 0 aliphatic heterocycles. The molecular weight excluding hydrogens is 363 g/mol. The first-order valence-electron chi connectivity index (χ1n) is 5.68.